The van der Waals surface area contributed by atoms with Gasteiger partial charge in [0, 0.05) is 24.9 Å². The molecule has 1 aromatic carbocycles. The molecule has 0 unspecified atom stereocenters. The lowest BCUT2D eigenvalue weighted by atomic mass is 10.0. The average Bonchev–Trinajstić information content (AvgIpc) is 3.09. The highest BCUT2D eigenvalue weighted by atomic mass is 16.5. The fourth-order valence-electron chi connectivity index (χ4n) is 2.95. The summed E-state index contributed by atoms with van der Waals surface area (Å²) in [4.78, 5) is 18.6. The molecular formula is C19H25N3O3. The van der Waals surface area contributed by atoms with Crippen LogP contribution in [0.25, 0.3) is 11.4 Å². The SMILES string of the molecule is CC(C)c1ccc(-c2noc(CCC(=O)N3CCOC[C@@H]3C)n2)cc1. The van der Waals surface area contributed by atoms with Crippen LogP contribution >= 0.6 is 0 Å². The Morgan fingerprint density at radius 1 is 1.32 bits per heavy atom. The minimum Gasteiger partial charge on any atom is -0.377 e. The molecule has 0 N–H and O–H groups in total. The zero-order chi connectivity index (χ0) is 17.8. The first-order valence-corrected chi connectivity index (χ1v) is 8.84. The molecule has 2 heterocycles. The maximum Gasteiger partial charge on any atom is 0.227 e. The fraction of sp³-hybridized carbons (Fsp3) is 0.526. The van der Waals surface area contributed by atoms with Gasteiger partial charge in [-0.15, -0.1) is 0 Å². The predicted molar refractivity (Wildman–Crippen MR) is 94.1 cm³/mol. The van der Waals surface area contributed by atoms with Crippen LogP contribution in [0, 0.1) is 0 Å². The van der Waals surface area contributed by atoms with Crippen LogP contribution in [0.4, 0.5) is 0 Å². The number of rotatable bonds is 5. The van der Waals surface area contributed by atoms with E-state index < -0.39 is 0 Å². The van der Waals surface area contributed by atoms with Crippen LogP contribution in [-0.2, 0) is 16.0 Å². The molecule has 1 saturated heterocycles. The van der Waals surface area contributed by atoms with E-state index in [2.05, 4.69) is 36.1 Å². The van der Waals surface area contributed by atoms with Gasteiger partial charge in [-0.25, -0.2) is 0 Å². The second-order valence-corrected chi connectivity index (χ2v) is 6.80. The number of hydrogen-bond acceptors (Lipinski definition) is 5. The molecule has 1 aromatic heterocycles. The second kappa shape index (κ2) is 7.78. The summed E-state index contributed by atoms with van der Waals surface area (Å²) in [5.74, 6) is 1.66. The molecule has 0 radical (unpaired) electrons. The third kappa shape index (κ3) is 4.25. The van der Waals surface area contributed by atoms with Crippen molar-refractivity contribution in [2.24, 2.45) is 0 Å². The Labute approximate surface area is 148 Å². The lowest BCUT2D eigenvalue weighted by Gasteiger charge is -2.33. The van der Waals surface area contributed by atoms with Crippen molar-refractivity contribution in [2.75, 3.05) is 19.8 Å². The van der Waals surface area contributed by atoms with Gasteiger partial charge in [0.15, 0.2) is 0 Å². The number of morpholine rings is 1. The van der Waals surface area contributed by atoms with Crippen molar-refractivity contribution in [2.45, 2.75) is 45.6 Å². The summed E-state index contributed by atoms with van der Waals surface area (Å²) in [6.07, 6.45) is 0.832. The van der Waals surface area contributed by atoms with Gasteiger partial charge >= 0.3 is 0 Å². The molecular weight excluding hydrogens is 318 g/mol. The van der Waals surface area contributed by atoms with Gasteiger partial charge in [-0.1, -0.05) is 43.3 Å². The molecule has 1 aliphatic rings. The maximum atomic E-state index is 12.3. The Balaban J connectivity index is 1.59. The first kappa shape index (κ1) is 17.6. The molecule has 2 aromatic rings. The summed E-state index contributed by atoms with van der Waals surface area (Å²) >= 11 is 0. The summed E-state index contributed by atoms with van der Waals surface area (Å²) < 4.78 is 10.7. The number of benzene rings is 1. The summed E-state index contributed by atoms with van der Waals surface area (Å²) in [5.41, 5.74) is 2.20. The highest BCUT2D eigenvalue weighted by molar-refractivity contribution is 5.76. The van der Waals surface area contributed by atoms with Crippen LogP contribution in [-0.4, -0.2) is 46.7 Å². The highest BCUT2D eigenvalue weighted by Crippen LogP contribution is 2.21. The zero-order valence-electron chi connectivity index (χ0n) is 15.1. The largest absolute Gasteiger partial charge is 0.377 e. The number of aromatic nitrogens is 2. The van der Waals surface area contributed by atoms with Gasteiger partial charge in [-0.3, -0.25) is 4.79 Å². The number of amides is 1. The molecule has 0 bridgehead atoms. The first-order valence-electron chi connectivity index (χ1n) is 8.84. The molecule has 1 fully saturated rings. The molecule has 0 aliphatic carbocycles. The Kier molecular flexibility index (Phi) is 5.48. The number of ether oxygens (including phenoxy) is 1. The van der Waals surface area contributed by atoms with E-state index in [1.165, 1.54) is 5.56 Å². The lowest BCUT2D eigenvalue weighted by molar-refractivity contribution is -0.139. The van der Waals surface area contributed by atoms with Gasteiger partial charge in [0.1, 0.15) is 0 Å². The number of hydrogen-bond donors (Lipinski definition) is 0. The molecule has 6 heteroatoms. The molecule has 25 heavy (non-hydrogen) atoms. The predicted octanol–water partition coefficient (Wildman–Crippen LogP) is 3.04. The third-order valence-electron chi connectivity index (χ3n) is 4.54. The summed E-state index contributed by atoms with van der Waals surface area (Å²) in [7, 11) is 0. The summed E-state index contributed by atoms with van der Waals surface area (Å²) in [6.45, 7) is 8.18. The van der Waals surface area contributed by atoms with E-state index in [1.54, 1.807) is 0 Å². The second-order valence-electron chi connectivity index (χ2n) is 6.80. The number of aryl methyl sites for hydroxylation is 1. The van der Waals surface area contributed by atoms with E-state index in [1.807, 2.05) is 24.0 Å². The Hall–Kier alpha value is -2.21. The van der Waals surface area contributed by atoms with Gasteiger partial charge in [-0.2, -0.15) is 4.98 Å². The van der Waals surface area contributed by atoms with Gasteiger partial charge in [-0.05, 0) is 18.4 Å². The Morgan fingerprint density at radius 2 is 2.08 bits per heavy atom. The Morgan fingerprint density at radius 3 is 2.76 bits per heavy atom. The number of carbonyl (C=O) groups is 1. The van der Waals surface area contributed by atoms with Crippen molar-refractivity contribution in [3.8, 4) is 11.4 Å². The highest BCUT2D eigenvalue weighted by Gasteiger charge is 2.23. The summed E-state index contributed by atoms with van der Waals surface area (Å²) in [6, 6.07) is 8.30. The normalized spacial score (nSPS) is 17.9. The van der Waals surface area contributed by atoms with Gasteiger partial charge in [0.05, 0.1) is 19.3 Å². The van der Waals surface area contributed by atoms with Crippen LogP contribution in [0.15, 0.2) is 28.8 Å². The van der Waals surface area contributed by atoms with Crippen molar-refractivity contribution >= 4 is 5.91 Å². The molecule has 134 valence electrons. The Bertz CT molecular complexity index is 709. The third-order valence-corrected chi connectivity index (χ3v) is 4.54. The van der Waals surface area contributed by atoms with E-state index in [9.17, 15) is 4.79 Å². The van der Waals surface area contributed by atoms with Gasteiger partial charge in [0.25, 0.3) is 0 Å². The van der Waals surface area contributed by atoms with Crippen molar-refractivity contribution < 1.29 is 14.1 Å². The lowest BCUT2D eigenvalue weighted by Crippen LogP contribution is -2.47. The molecule has 1 aliphatic heterocycles. The van der Waals surface area contributed by atoms with E-state index in [4.69, 9.17) is 9.26 Å². The molecule has 1 atom stereocenters. The minimum atomic E-state index is 0.108. The van der Waals surface area contributed by atoms with Gasteiger partial charge in [0.2, 0.25) is 17.6 Å². The monoisotopic (exact) mass is 343 g/mol. The fourth-order valence-corrected chi connectivity index (χ4v) is 2.95. The van der Waals surface area contributed by atoms with E-state index in [0.29, 0.717) is 50.2 Å². The average molecular weight is 343 g/mol. The smallest absolute Gasteiger partial charge is 0.227 e. The van der Waals surface area contributed by atoms with Crippen LogP contribution in [0.5, 0.6) is 0 Å². The van der Waals surface area contributed by atoms with Crippen LogP contribution in [0.3, 0.4) is 0 Å². The maximum absolute atomic E-state index is 12.3. The topological polar surface area (TPSA) is 68.5 Å². The molecule has 6 nitrogen and oxygen atoms in total. The van der Waals surface area contributed by atoms with Crippen molar-refractivity contribution in [1.82, 2.24) is 15.0 Å². The van der Waals surface area contributed by atoms with E-state index in [-0.39, 0.29) is 11.9 Å². The molecule has 3 rings (SSSR count). The van der Waals surface area contributed by atoms with Gasteiger partial charge < -0.3 is 14.2 Å². The zero-order valence-corrected chi connectivity index (χ0v) is 15.1. The van der Waals surface area contributed by atoms with Crippen molar-refractivity contribution in [1.29, 1.82) is 0 Å². The molecule has 1 amide bonds. The van der Waals surface area contributed by atoms with E-state index in [0.717, 1.165) is 5.56 Å². The number of nitrogens with zero attached hydrogens (tertiary/aromatic N) is 3. The first-order chi connectivity index (χ1) is 12.0. The summed E-state index contributed by atoms with van der Waals surface area (Å²) in [5, 5.41) is 4.04. The van der Waals surface area contributed by atoms with E-state index >= 15 is 0 Å². The van der Waals surface area contributed by atoms with Crippen LogP contribution in [0.2, 0.25) is 0 Å². The minimum absolute atomic E-state index is 0.108. The van der Waals surface area contributed by atoms with Crippen LogP contribution < -0.4 is 0 Å². The quantitative estimate of drug-likeness (QED) is 0.835. The van der Waals surface area contributed by atoms with Crippen LogP contribution in [0.1, 0.15) is 44.6 Å². The molecule has 0 saturated carbocycles. The molecule has 0 spiro atoms. The number of carbonyl (C=O) groups excluding carboxylic acids is 1. The van der Waals surface area contributed by atoms with Crippen molar-refractivity contribution in [3.63, 3.8) is 0 Å². The standard InChI is InChI=1S/C19H25N3O3/c1-13(2)15-4-6-16(7-5-15)19-20-17(25-21-19)8-9-18(23)22-10-11-24-12-14(22)3/h4-7,13-14H,8-12H2,1-3H3/t14-/m0/s1. The van der Waals surface area contributed by atoms with Crippen molar-refractivity contribution in [3.05, 3.63) is 35.7 Å².